The molecule has 0 heterocycles. The molecule has 0 fully saturated rings. The maximum atomic E-state index is 13.9. The molecule has 0 saturated carbocycles. The number of nitrogens with two attached hydrogens (primary N) is 1. The van der Waals surface area contributed by atoms with Crippen molar-refractivity contribution in [1.29, 1.82) is 0 Å². The number of nitrogens with one attached hydrogen (secondary N) is 1. The van der Waals surface area contributed by atoms with E-state index >= 15 is 0 Å². The van der Waals surface area contributed by atoms with Crippen molar-refractivity contribution >= 4 is 39.1 Å². The first-order valence-electron chi connectivity index (χ1n) is 5.87. The first kappa shape index (κ1) is 15.7. The smallest absolute Gasteiger partial charge is 0.145 e. The lowest BCUT2D eigenvalue weighted by molar-refractivity contribution is 0.529. The minimum absolute atomic E-state index is 0.0974. The van der Waals surface area contributed by atoms with E-state index in [9.17, 15) is 4.39 Å². The molecule has 1 unspecified atom stereocenters. The van der Waals surface area contributed by atoms with E-state index in [4.69, 9.17) is 29.0 Å². The molecule has 6 heteroatoms. The van der Waals surface area contributed by atoms with Gasteiger partial charge in [-0.1, -0.05) is 57.3 Å². The van der Waals surface area contributed by atoms with E-state index in [1.165, 1.54) is 6.07 Å². The van der Waals surface area contributed by atoms with Crippen molar-refractivity contribution < 1.29 is 4.39 Å². The van der Waals surface area contributed by atoms with Gasteiger partial charge in [0.1, 0.15) is 5.82 Å². The Balaban J connectivity index is 2.31. The molecule has 20 heavy (non-hydrogen) atoms. The quantitative estimate of drug-likeness (QED) is 0.601. The fourth-order valence-electron chi connectivity index (χ4n) is 1.97. The summed E-state index contributed by atoms with van der Waals surface area (Å²) in [5.74, 6) is 5.14. The van der Waals surface area contributed by atoms with Crippen LogP contribution in [0.15, 0.2) is 40.9 Å². The number of hydrazine groups is 1. The van der Waals surface area contributed by atoms with Crippen LogP contribution < -0.4 is 11.3 Å². The molecule has 0 bridgehead atoms. The standard InChI is InChI=1S/C14H12BrCl2FN2/c15-9-4-5-10(12(17)7-9)13(20-19)6-8-2-1-3-11(16)14(8)18/h1-5,7,13,20H,6,19H2. The Hall–Kier alpha value is -0.650. The number of hydrogen-bond donors (Lipinski definition) is 2. The van der Waals surface area contributed by atoms with Crippen molar-refractivity contribution in [2.75, 3.05) is 0 Å². The van der Waals surface area contributed by atoms with Crippen LogP contribution in [0.2, 0.25) is 10.0 Å². The van der Waals surface area contributed by atoms with Gasteiger partial charge in [-0.3, -0.25) is 11.3 Å². The molecule has 2 rings (SSSR count). The topological polar surface area (TPSA) is 38.0 Å². The second kappa shape index (κ2) is 6.87. The average molecular weight is 378 g/mol. The Labute approximate surface area is 135 Å². The summed E-state index contributed by atoms with van der Waals surface area (Å²) in [6.45, 7) is 0. The minimum Gasteiger partial charge on any atom is -0.271 e. The largest absolute Gasteiger partial charge is 0.271 e. The zero-order valence-corrected chi connectivity index (χ0v) is 13.4. The van der Waals surface area contributed by atoms with E-state index in [2.05, 4.69) is 21.4 Å². The van der Waals surface area contributed by atoms with Gasteiger partial charge in [0.05, 0.1) is 11.1 Å². The third-order valence-corrected chi connectivity index (χ3v) is 4.11. The molecule has 0 aromatic heterocycles. The molecule has 0 amide bonds. The summed E-state index contributed by atoms with van der Waals surface area (Å²) < 4.78 is 14.8. The monoisotopic (exact) mass is 376 g/mol. The molecule has 0 radical (unpaired) electrons. The molecule has 0 spiro atoms. The Morgan fingerprint density at radius 3 is 2.60 bits per heavy atom. The lowest BCUT2D eigenvalue weighted by atomic mass is 9.99. The molecule has 3 N–H and O–H groups in total. The van der Waals surface area contributed by atoms with Crippen molar-refractivity contribution in [3.63, 3.8) is 0 Å². The highest BCUT2D eigenvalue weighted by Crippen LogP contribution is 2.29. The molecular formula is C14H12BrCl2FN2. The molecule has 2 aromatic carbocycles. The van der Waals surface area contributed by atoms with Gasteiger partial charge in [-0.15, -0.1) is 0 Å². The lowest BCUT2D eigenvalue weighted by Gasteiger charge is -2.18. The molecule has 2 nitrogen and oxygen atoms in total. The third-order valence-electron chi connectivity index (χ3n) is 2.99. The number of hydrogen-bond acceptors (Lipinski definition) is 2. The summed E-state index contributed by atoms with van der Waals surface area (Å²) in [6.07, 6.45) is 0.351. The van der Waals surface area contributed by atoms with E-state index < -0.39 is 5.82 Å². The molecule has 0 aliphatic heterocycles. The van der Waals surface area contributed by atoms with Crippen LogP contribution in [0.1, 0.15) is 17.2 Å². The van der Waals surface area contributed by atoms with E-state index in [0.29, 0.717) is 17.0 Å². The maximum Gasteiger partial charge on any atom is 0.145 e. The Bertz CT molecular complexity index is 622. The van der Waals surface area contributed by atoms with Crippen LogP contribution in [-0.4, -0.2) is 0 Å². The van der Waals surface area contributed by atoms with Gasteiger partial charge in [-0.25, -0.2) is 4.39 Å². The predicted molar refractivity (Wildman–Crippen MR) is 84.3 cm³/mol. The number of rotatable bonds is 4. The fourth-order valence-corrected chi connectivity index (χ4v) is 2.97. The van der Waals surface area contributed by atoms with Crippen molar-refractivity contribution in [2.24, 2.45) is 5.84 Å². The molecular weight excluding hydrogens is 366 g/mol. The van der Waals surface area contributed by atoms with E-state index in [1.807, 2.05) is 12.1 Å². The SMILES string of the molecule is NNC(Cc1cccc(Cl)c1F)c1ccc(Br)cc1Cl. The van der Waals surface area contributed by atoms with Crippen molar-refractivity contribution in [1.82, 2.24) is 5.43 Å². The summed E-state index contributed by atoms with van der Waals surface area (Å²) >= 11 is 15.3. The van der Waals surface area contributed by atoms with Crippen LogP contribution in [-0.2, 0) is 6.42 Å². The summed E-state index contributed by atoms with van der Waals surface area (Å²) in [6, 6.07) is 10.1. The van der Waals surface area contributed by atoms with Crippen LogP contribution >= 0.6 is 39.1 Å². The minimum atomic E-state index is -0.428. The highest BCUT2D eigenvalue weighted by Gasteiger charge is 2.17. The summed E-state index contributed by atoms with van der Waals surface area (Å²) in [5, 5.41) is 0.657. The van der Waals surface area contributed by atoms with Gasteiger partial charge in [0.25, 0.3) is 0 Å². The summed E-state index contributed by atoms with van der Waals surface area (Å²) in [7, 11) is 0. The summed E-state index contributed by atoms with van der Waals surface area (Å²) in [4.78, 5) is 0. The van der Waals surface area contributed by atoms with Crippen molar-refractivity contribution in [3.8, 4) is 0 Å². The molecule has 0 aliphatic rings. The van der Waals surface area contributed by atoms with Crippen LogP contribution in [0, 0.1) is 5.82 Å². The maximum absolute atomic E-state index is 13.9. The third kappa shape index (κ3) is 3.51. The Morgan fingerprint density at radius 1 is 1.20 bits per heavy atom. The highest BCUT2D eigenvalue weighted by atomic mass is 79.9. The first-order valence-corrected chi connectivity index (χ1v) is 7.41. The van der Waals surface area contributed by atoms with Crippen molar-refractivity contribution in [2.45, 2.75) is 12.5 Å². The van der Waals surface area contributed by atoms with E-state index in [1.54, 1.807) is 18.2 Å². The second-order valence-corrected chi connectivity index (χ2v) is 6.03. The van der Waals surface area contributed by atoms with Gasteiger partial charge in [0.2, 0.25) is 0 Å². The summed E-state index contributed by atoms with van der Waals surface area (Å²) in [5.41, 5.74) is 3.95. The van der Waals surface area contributed by atoms with Gasteiger partial charge in [0.15, 0.2) is 0 Å². The normalized spacial score (nSPS) is 12.4. The number of halogens is 4. The second-order valence-electron chi connectivity index (χ2n) is 4.30. The molecule has 2 aromatic rings. The highest BCUT2D eigenvalue weighted by molar-refractivity contribution is 9.10. The van der Waals surface area contributed by atoms with Gasteiger partial charge in [0, 0.05) is 9.50 Å². The lowest BCUT2D eigenvalue weighted by Crippen LogP contribution is -2.30. The van der Waals surface area contributed by atoms with E-state index in [0.717, 1.165) is 10.0 Å². The number of benzene rings is 2. The Kier molecular flexibility index (Phi) is 5.41. The molecule has 0 saturated heterocycles. The van der Waals surface area contributed by atoms with Crippen molar-refractivity contribution in [3.05, 3.63) is 67.9 Å². The van der Waals surface area contributed by atoms with Gasteiger partial charge < -0.3 is 0 Å². The van der Waals surface area contributed by atoms with Crippen LogP contribution in [0.4, 0.5) is 4.39 Å². The Morgan fingerprint density at radius 2 is 1.95 bits per heavy atom. The first-order chi connectivity index (χ1) is 9.52. The zero-order valence-electron chi connectivity index (χ0n) is 10.3. The van der Waals surface area contributed by atoms with Gasteiger partial charge >= 0.3 is 0 Å². The molecule has 0 aliphatic carbocycles. The average Bonchev–Trinajstić information content (AvgIpc) is 2.41. The van der Waals surface area contributed by atoms with E-state index in [-0.39, 0.29) is 11.1 Å². The van der Waals surface area contributed by atoms with Gasteiger partial charge in [-0.2, -0.15) is 0 Å². The predicted octanol–water partition coefficient (Wildman–Crippen LogP) is 4.64. The molecule has 1 atom stereocenters. The van der Waals surface area contributed by atoms with Crippen LogP contribution in [0.5, 0.6) is 0 Å². The van der Waals surface area contributed by atoms with Crippen LogP contribution in [0.3, 0.4) is 0 Å². The van der Waals surface area contributed by atoms with Gasteiger partial charge in [-0.05, 0) is 35.7 Å². The zero-order chi connectivity index (χ0) is 14.7. The van der Waals surface area contributed by atoms with Crippen LogP contribution in [0.25, 0.3) is 0 Å². The molecule has 106 valence electrons. The fraction of sp³-hybridized carbons (Fsp3) is 0.143.